The molecule has 3 heterocycles. The van der Waals surface area contributed by atoms with Gasteiger partial charge < -0.3 is 11.1 Å². The van der Waals surface area contributed by atoms with Gasteiger partial charge in [0.2, 0.25) is 5.91 Å². The highest BCUT2D eigenvalue weighted by Crippen LogP contribution is 2.47. The quantitative estimate of drug-likeness (QED) is 0.682. The minimum absolute atomic E-state index is 0.0849. The number of primary amides is 1. The molecule has 3 N–H and O–H groups in total. The van der Waals surface area contributed by atoms with Crippen molar-refractivity contribution in [3.8, 4) is 11.4 Å². The SMILES string of the molecule is CCn1nc(-c2ccccn2)c2c1N[C@@H](C)CS[C@@H]2c1ccc(C(N)=O)cc1C. The second kappa shape index (κ2) is 7.91. The van der Waals surface area contributed by atoms with Crippen LogP contribution in [0, 0.1) is 6.92 Å². The number of carbonyl (C=O) groups is 1. The fraction of sp³-hybridized carbons (Fsp3) is 0.318. The Hall–Kier alpha value is -2.80. The van der Waals surface area contributed by atoms with E-state index in [0.29, 0.717) is 11.6 Å². The summed E-state index contributed by atoms with van der Waals surface area (Å²) in [5, 5.41) is 8.66. The van der Waals surface area contributed by atoms with Crippen molar-refractivity contribution >= 4 is 23.5 Å². The normalized spacial score (nSPS) is 18.6. The zero-order valence-corrected chi connectivity index (χ0v) is 17.7. The fourth-order valence-corrected chi connectivity index (χ4v) is 5.16. The molecule has 0 saturated carbocycles. The molecule has 1 aliphatic heterocycles. The van der Waals surface area contributed by atoms with Crippen molar-refractivity contribution in [2.24, 2.45) is 5.73 Å². The number of thioether (sulfide) groups is 1. The van der Waals surface area contributed by atoms with Crippen molar-refractivity contribution < 1.29 is 4.79 Å². The first-order chi connectivity index (χ1) is 14.0. The van der Waals surface area contributed by atoms with Crippen LogP contribution in [0.4, 0.5) is 5.82 Å². The van der Waals surface area contributed by atoms with E-state index in [9.17, 15) is 4.79 Å². The average Bonchev–Trinajstić information content (AvgIpc) is 2.98. The number of amides is 1. The summed E-state index contributed by atoms with van der Waals surface area (Å²) in [4.78, 5) is 16.2. The van der Waals surface area contributed by atoms with E-state index in [1.807, 2.05) is 59.8 Å². The number of fused-ring (bicyclic) bond motifs is 1. The third kappa shape index (κ3) is 3.62. The van der Waals surface area contributed by atoms with E-state index in [1.165, 1.54) is 5.56 Å². The van der Waals surface area contributed by atoms with Gasteiger partial charge in [-0.3, -0.25) is 9.78 Å². The Labute approximate surface area is 174 Å². The Morgan fingerprint density at radius 2 is 2.17 bits per heavy atom. The number of carbonyl (C=O) groups excluding carboxylic acids is 1. The Kier molecular flexibility index (Phi) is 5.32. The third-order valence-corrected chi connectivity index (χ3v) is 6.71. The van der Waals surface area contributed by atoms with Crippen LogP contribution in [0.2, 0.25) is 0 Å². The molecule has 2 atom stereocenters. The van der Waals surface area contributed by atoms with Crippen molar-refractivity contribution in [1.82, 2.24) is 14.8 Å². The molecule has 4 rings (SSSR count). The lowest BCUT2D eigenvalue weighted by Gasteiger charge is -2.19. The number of hydrogen-bond donors (Lipinski definition) is 2. The van der Waals surface area contributed by atoms with Gasteiger partial charge in [-0.05, 0) is 56.2 Å². The maximum Gasteiger partial charge on any atom is 0.248 e. The van der Waals surface area contributed by atoms with Crippen LogP contribution in [0.5, 0.6) is 0 Å². The number of aryl methyl sites for hydroxylation is 2. The van der Waals surface area contributed by atoms with E-state index >= 15 is 0 Å². The summed E-state index contributed by atoms with van der Waals surface area (Å²) in [6.45, 7) is 7.09. The van der Waals surface area contributed by atoms with Crippen LogP contribution in [0.3, 0.4) is 0 Å². The summed E-state index contributed by atoms with van der Waals surface area (Å²) in [7, 11) is 0. The topological polar surface area (TPSA) is 85.8 Å². The van der Waals surface area contributed by atoms with Gasteiger partial charge in [-0.2, -0.15) is 5.10 Å². The van der Waals surface area contributed by atoms with E-state index in [2.05, 4.69) is 24.1 Å². The van der Waals surface area contributed by atoms with Crippen LogP contribution < -0.4 is 11.1 Å². The molecule has 0 saturated heterocycles. The molecule has 3 aromatic rings. The van der Waals surface area contributed by atoms with Crippen LogP contribution >= 0.6 is 11.8 Å². The van der Waals surface area contributed by atoms with Crippen LogP contribution in [0.15, 0.2) is 42.6 Å². The smallest absolute Gasteiger partial charge is 0.248 e. The highest BCUT2D eigenvalue weighted by atomic mass is 32.2. The Morgan fingerprint density at radius 1 is 1.34 bits per heavy atom. The number of nitrogens with zero attached hydrogens (tertiary/aromatic N) is 3. The monoisotopic (exact) mass is 407 g/mol. The predicted molar refractivity (Wildman–Crippen MR) is 118 cm³/mol. The van der Waals surface area contributed by atoms with Crippen LogP contribution in [-0.2, 0) is 6.54 Å². The lowest BCUT2D eigenvalue weighted by Crippen LogP contribution is -2.19. The summed E-state index contributed by atoms with van der Waals surface area (Å²) in [5.41, 5.74) is 11.1. The Balaban J connectivity index is 1.93. The highest BCUT2D eigenvalue weighted by molar-refractivity contribution is 7.99. The lowest BCUT2D eigenvalue weighted by molar-refractivity contribution is 0.1000. The lowest BCUT2D eigenvalue weighted by atomic mass is 9.96. The van der Waals surface area contributed by atoms with Gasteiger partial charge in [0.05, 0.1) is 10.9 Å². The van der Waals surface area contributed by atoms with Gasteiger partial charge in [0.25, 0.3) is 0 Å². The Bertz CT molecular complexity index is 1050. The molecule has 1 aromatic carbocycles. The van der Waals surface area contributed by atoms with Gasteiger partial charge in [0.15, 0.2) is 0 Å². The molecule has 1 amide bonds. The summed E-state index contributed by atoms with van der Waals surface area (Å²) < 4.78 is 2.03. The Morgan fingerprint density at radius 3 is 2.83 bits per heavy atom. The van der Waals surface area contributed by atoms with Crippen LogP contribution in [0.25, 0.3) is 11.4 Å². The first-order valence-corrected chi connectivity index (χ1v) is 10.8. The molecule has 0 fully saturated rings. The van der Waals surface area contributed by atoms with Gasteiger partial charge in [0.1, 0.15) is 11.5 Å². The third-order valence-electron chi connectivity index (χ3n) is 5.19. The molecule has 150 valence electrons. The fourth-order valence-electron chi connectivity index (χ4n) is 3.76. The number of anilines is 1. The molecule has 6 nitrogen and oxygen atoms in total. The predicted octanol–water partition coefficient (Wildman–Crippen LogP) is 4.01. The minimum Gasteiger partial charge on any atom is -0.367 e. The number of hydrogen-bond acceptors (Lipinski definition) is 5. The second-order valence-corrected chi connectivity index (χ2v) is 8.47. The number of aromatic nitrogens is 3. The van der Waals surface area contributed by atoms with Crippen LogP contribution in [0.1, 0.15) is 46.1 Å². The first kappa shape index (κ1) is 19.5. The molecule has 0 radical (unpaired) electrons. The van der Waals surface area contributed by atoms with Crippen molar-refractivity contribution in [2.75, 3.05) is 11.1 Å². The summed E-state index contributed by atoms with van der Waals surface area (Å²) >= 11 is 1.89. The van der Waals surface area contributed by atoms with Gasteiger partial charge in [-0.1, -0.05) is 12.1 Å². The molecule has 7 heteroatoms. The number of pyridine rings is 1. The van der Waals surface area contributed by atoms with E-state index in [1.54, 1.807) is 6.20 Å². The summed E-state index contributed by atoms with van der Waals surface area (Å²) in [5.74, 6) is 1.60. The number of nitrogens with one attached hydrogen (secondary N) is 1. The molecule has 0 bridgehead atoms. The van der Waals surface area contributed by atoms with Gasteiger partial charge >= 0.3 is 0 Å². The summed E-state index contributed by atoms with van der Waals surface area (Å²) in [6, 6.07) is 11.9. The van der Waals surface area contributed by atoms with E-state index in [4.69, 9.17) is 10.8 Å². The second-order valence-electron chi connectivity index (χ2n) is 7.34. The van der Waals surface area contributed by atoms with Crippen molar-refractivity contribution in [3.05, 3.63) is 64.8 Å². The minimum atomic E-state index is -0.405. The molecular formula is C22H25N5OS. The molecule has 0 aliphatic carbocycles. The molecule has 29 heavy (non-hydrogen) atoms. The molecule has 0 unspecified atom stereocenters. The van der Waals surface area contributed by atoms with Gasteiger partial charge in [-0.15, -0.1) is 11.8 Å². The number of benzene rings is 1. The maximum absolute atomic E-state index is 11.6. The molecular weight excluding hydrogens is 382 g/mol. The standard InChI is InChI=1S/C22H25N5OS/c1-4-27-22-18(19(26-27)17-7-5-6-10-24-17)20(29-12-14(3)25-22)16-9-8-15(21(23)28)11-13(16)2/h5-11,14,20,25H,4,12H2,1-3H3,(H2,23,28)/t14-,20+/m0/s1. The largest absolute Gasteiger partial charge is 0.367 e. The maximum atomic E-state index is 11.6. The van der Waals surface area contributed by atoms with Crippen LogP contribution in [-0.4, -0.2) is 32.5 Å². The highest BCUT2D eigenvalue weighted by Gasteiger charge is 2.32. The van der Waals surface area contributed by atoms with Gasteiger partial charge in [0, 0.05) is 35.7 Å². The summed E-state index contributed by atoms with van der Waals surface area (Å²) in [6.07, 6.45) is 1.80. The van der Waals surface area contributed by atoms with Crippen molar-refractivity contribution in [3.63, 3.8) is 0 Å². The van der Waals surface area contributed by atoms with Gasteiger partial charge in [-0.25, -0.2) is 4.68 Å². The molecule has 2 aromatic heterocycles. The average molecular weight is 408 g/mol. The van der Waals surface area contributed by atoms with Crippen molar-refractivity contribution in [1.29, 1.82) is 0 Å². The van der Waals surface area contributed by atoms with E-state index in [0.717, 1.165) is 40.6 Å². The number of rotatable bonds is 4. The first-order valence-electron chi connectivity index (χ1n) is 9.80. The van der Waals surface area contributed by atoms with E-state index < -0.39 is 5.91 Å². The number of nitrogens with two attached hydrogens (primary N) is 1. The molecule has 1 aliphatic rings. The zero-order valence-electron chi connectivity index (χ0n) is 16.8. The van der Waals surface area contributed by atoms with E-state index in [-0.39, 0.29) is 5.25 Å². The van der Waals surface area contributed by atoms with Crippen molar-refractivity contribution in [2.45, 2.75) is 38.6 Å². The zero-order chi connectivity index (χ0) is 20.5. The molecule has 0 spiro atoms.